The van der Waals surface area contributed by atoms with Crippen molar-refractivity contribution >= 4 is 29.0 Å². The van der Waals surface area contributed by atoms with Gasteiger partial charge in [-0.1, -0.05) is 0 Å². The number of hydrogen-bond donors (Lipinski definition) is 3. The molecule has 0 aromatic heterocycles. The quantitative estimate of drug-likeness (QED) is 0.493. The second kappa shape index (κ2) is 10.1. The van der Waals surface area contributed by atoms with Crippen molar-refractivity contribution < 1.29 is 14.4 Å². The van der Waals surface area contributed by atoms with Crippen molar-refractivity contribution in [1.82, 2.24) is 5.32 Å². The maximum atomic E-state index is 11.9. The minimum atomic E-state index is -0.285. The van der Waals surface area contributed by atoms with E-state index in [-0.39, 0.29) is 5.97 Å². The molecule has 0 spiro atoms. The monoisotopic (exact) mass is 324 g/mol. The van der Waals surface area contributed by atoms with E-state index < -0.39 is 0 Å². The van der Waals surface area contributed by atoms with E-state index in [1.165, 1.54) is 4.90 Å². The molecule has 0 aliphatic heterocycles. The van der Waals surface area contributed by atoms with Gasteiger partial charge in [-0.2, -0.15) is 0 Å². The Hall–Kier alpha value is -1.66. The van der Waals surface area contributed by atoms with Crippen LogP contribution in [0.15, 0.2) is 24.3 Å². The molecule has 0 saturated carbocycles. The molecule has 0 radical (unpaired) electrons. The number of quaternary nitrogens is 1. The van der Waals surface area contributed by atoms with Gasteiger partial charge in [0.25, 0.3) is 0 Å². The topological polar surface area (TPSA) is 54.8 Å². The van der Waals surface area contributed by atoms with Gasteiger partial charge in [-0.15, -0.1) is 0 Å². The van der Waals surface area contributed by atoms with E-state index in [9.17, 15) is 4.79 Å². The number of carbonyl (C=O) groups excluding carboxylic acids is 1. The Morgan fingerprint density at radius 2 is 1.82 bits per heavy atom. The highest BCUT2D eigenvalue weighted by atomic mass is 32.1. The lowest BCUT2D eigenvalue weighted by Crippen LogP contribution is -3.11. The molecule has 0 aliphatic rings. The summed E-state index contributed by atoms with van der Waals surface area (Å²) in [6, 6.07) is 7.11. The van der Waals surface area contributed by atoms with Crippen LogP contribution in [0.4, 0.5) is 5.69 Å². The van der Waals surface area contributed by atoms with Gasteiger partial charge in [0.2, 0.25) is 0 Å². The molecular weight excluding hydrogens is 298 g/mol. The fourth-order valence-electron chi connectivity index (χ4n) is 2.00. The summed E-state index contributed by atoms with van der Waals surface area (Å²) >= 11 is 5.11. The number of nitrogens with one attached hydrogen (secondary N) is 3. The molecule has 0 saturated heterocycles. The second-order valence-corrected chi connectivity index (χ2v) is 5.31. The summed E-state index contributed by atoms with van der Waals surface area (Å²) in [5, 5.41) is 6.62. The predicted octanol–water partition coefficient (Wildman–Crippen LogP) is 1.07. The fraction of sp³-hybridized carbons (Fsp3) is 0.500. The predicted molar refractivity (Wildman–Crippen MR) is 93.5 cm³/mol. The molecule has 0 amide bonds. The number of rotatable bonds is 8. The van der Waals surface area contributed by atoms with Gasteiger partial charge >= 0.3 is 5.97 Å². The van der Waals surface area contributed by atoms with Crippen LogP contribution in [0.2, 0.25) is 0 Å². The number of hydrogen-bond acceptors (Lipinski definition) is 3. The summed E-state index contributed by atoms with van der Waals surface area (Å²) in [4.78, 5) is 13.4. The standard InChI is InChI=1S/C16H25N3O2S/c1-4-17-16(22)18-14-9-7-13(8-10-14)15(20)21-12-11-19(5-2)6-3/h7-10H,4-6,11-12H2,1-3H3,(H2,17,18,22)/p+1. The first-order chi connectivity index (χ1) is 10.6. The van der Waals surface area contributed by atoms with E-state index in [4.69, 9.17) is 17.0 Å². The summed E-state index contributed by atoms with van der Waals surface area (Å²) in [6.45, 7) is 10.4. The maximum Gasteiger partial charge on any atom is 0.338 e. The highest BCUT2D eigenvalue weighted by Gasteiger charge is 2.09. The Bertz CT molecular complexity index is 473. The molecule has 0 atom stereocenters. The van der Waals surface area contributed by atoms with E-state index in [0.29, 0.717) is 17.3 Å². The zero-order valence-electron chi connectivity index (χ0n) is 13.6. The van der Waals surface area contributed by atoms with Gasteiger partial charge in [-0.3, -0.25) is 0 Å². The molecule has 6 heteroatoms. The second-order valence-electron chi connectivity index (χ2n) is 4.90. The third-order valence-corrected chi connectivity index (χ3v) is 3.65. The fourth-order valence-corrected chi connectivity index (χ4v) is 2.26. The minimum Gasteiger partial charge on any atom is -0.456 e. The van der Waals surface area contributed by atoms with Crippen molar-refractivity contribution in [2.45, 2.75) is 20.8 Å². The van der Waals surface area contributed by atoms with E-state index in [0.717, 1.165) is 31.9 Å². The minimum absolute atomic E-state index is 0.285. The van der Waals surface area contributed by atoms with Gasteiger partial charge in [-0.25, -0.2) is 4.79 Å². The molecule has 1 rings (SSSR count). The molecule has 1 aromatic carbocycles. The van der Waals surface area contributed by atoms with Gasteiger partial charge in [0.05, 0.1) is 18.7 Å². The van der Waals surface area contributed by atoms with Crippen LogP contribution in [0.3, 0.4) is 0 Å². The van der Waals surface area contributed by atoms with E-state index >= 15 is 0 Å². The molecule has 0 bridgehead atoms. The molecule has 122 valence electrons. The SMILES string of the molecule is CCNC(=S)Nc1ccc(C(=O)OCC[NH+](CC)CC)cc1. The number of benzene rings is 1. The van der Waals surface area contributed by atoms with Crippen LogP contribution in [0.5, 0.6) is 0 Å². The Balaban J connectivity index is 2.45. The summed E-state index contributed by atoms with van der Waals surface area (Å²) in [5.41, 5.74) is 1.39. The van der Waals surface area contributed by atoms with Crippen molar-refractivity contribution in [2.24, 2.45) is 0 Å². The molecule has 3 N–H and O–H groups in total. The van der Waals surface area contributed by atoms with Crippen LogP contribution in [0.1, 0.15) is 31.1 Å². The smallest absolute Gasteiger partial charge is 0.338 e. The van der Waals surface area contributed by atoms with Crippen LogP contribution in [-0.2, 0) is 4.74 Å². The highest BCUT2D eigenvalue weighted by Crippen LogP contribution is 2.10. The average molecular weight is 324 g/mol. The van der Waals surface area contributed by atoms with Crippen molar-refractivity contribution in [2.75, 3.05) is 38.1 Å². The van der Waals surface area contributed by atoms with Crippen LogP contribution in [0.25, 0.3) is 0 Å². The van der Waals surface area contributed by atoms with Crippen LogP contribution in [0, 0.1) is 0 Å². The summed E-state index contributed by atoms with van der Waals surface area (Å²) in [6.07, 6.45) is 0. The lowest BCUT2D eigenvalue weighted by atomic mass is 10.2. The first-order valence-electron chi connectivity index (χ1n) is 7.76. The Labute approximate surface area is 138 Å². The largest absolute Gasteiger partial charge is 0.456 e. The molecule has 0 fully saturated rings. The molecular formula is C16H26N3O2S+. The number of ether oxygens (including phenoxy) is 1. The van der Waals surface area contributed by atoms with Gasteiger partial charge in [0.1, 0.15) is 13.2 Å². The van der Waals surface area contributed by atoms with E-state index in [2.05, 4.69) is 24.5 Å². The first kappa shape index (κ1) is 18.4. The van der Waals surface area contributed by atoms with Gasteiger partial charge in [-0.05, 0) is 57.3 Å². The number of likely N-dealkylation sites (N-methyl/N-ethyl adjacent to an activating group) is 1. The number of carbonyl (C=O) groups is 1. The van der Waals surface area contributed by atoms with Crippen molar-refractivity contribution in [3.63, 3.8) is 0 Å². The van der Waals surface area contributed by atoms with Crippen molar-refractivity contribution in [3.8, 4) is 0 Å². The molecule has 22 heavy (non-hydrogen) atoms. The molecule has 1 aromatic rings. The Morgan fingerprint density at radius 3 is 2.36 bits per heavy atom. The third-order valence-electron chi connectivity index (χ3n) is 3.40. The lowest BCUT2D eigenvalue weighted by Gasteiger charge is -2.15. The average Bonchev–Trinajstić information content (AvgIpc) is 2.52. The summed E-state index contributed by atoms with van der Waals surface area (Å²) < 4.78 is 5.30. The summed E-state index contributed by atoms with van der Waals surface area (Å²) in [5.74, 6) is -0.285. The molecule has 5 nitrogen and oxygen atoms in total. The zero-order valence-corrected chi connectivity index (χ0v) is 14.4. The zero-order chi connectivity index (χ0) is 16.4. The Kier molecular flexibility index (Phi) is 8.47. The third kappa shape index (κ3) is 6.41. The highest BCUT2D eigenvalue weighted by molar-refractivity contribution is 7.80. The van der Waals surface area contributed by atoms with Crippen molar-refractivity contribution in [1.29, 1.82) is 0 Å². The van der Waals surface area contributed by atoms with Gasteiger partial charge in [0.15, 0.2) is 5.11 Å². The maximum absolute atomic E-state index is 11.9. The Morgan fingerprint density at radius 1 is 1.18 bits per heavy atom. The van der Waals surface area contributed by atoms with Gasteiger partial charge in [0, 0.05) is 12.2 Å². The molecule has 0 aliphatic carbocycles. The van der Waals surface area contributed by atoms with Crippen LogP contribution in [-0.4, -0.2) is 43.9 Å². The molecule has 0 unspecified atom stereocenters. The van der Waals surface area contributed by atoms with Crippen LogP contribution < -0.4 is 15.5 Å². The van der Waals surface area contributed by atoms with Gasteiger partial charge < -0.3 is 20.3 Å². The first-order valence-corrected chi connectivity index (χ1v) is 8.17. The number of anilines is 1. The number of esters is 1. The lowest BCUT2D eigenvalue weighted by molar-refractivity contribution is -0.896. The van der Waals surface area contributed by atoms with Crippen LogP contribution >= 0.6 is 12.2 Å². The van der Waals surface area contributed by atoms with Crippen molar-refractivity contribution in [3.05, 3.63) is 29.8 Å². The van der Waals surface area contributed by atoms with E-state index in [1.807, 2.05) is 19.1 Å². The van der Waals surface area contributed by atoms with E-state index in [1.54, 1.807) is 12.1 Å². The normalized spacial score (nSPS) is 10.4. The summed E-state index contributed by atoms with van der Waals surface area (Å²) in [7, 11) is 0. The molecule has 0 heterocycles. The number of thiocarbonyl (C=S) groups is 1.